The number of carbonyl (C=O) groups excluding carboxylic acids is 1. The van der Waals surface area contributed by atoms with Gasteiger partial charge in [-0.25, -0.2) is 9.48 Å². The van der Waals surface area contributed by atoms with Crippen LogP contribution in [0.4, 0.5) is 11.5 Å². The fourth-order valence-electron chi connectivity index (χ4n) is 3.03. The van der Waals surface area contributed by atoms with Crippen LogP contribution in [0.15, 0.2) is 72.6 Å². The Bertz CT molecular complexity index is 1090. The molecule has 8 heteroatoms. The van der Waals surface area contributed by atoms with Crippen LogP contribution in [0.2, 0.25) is 5.02 Å². The largest absolute Gasteiger partial charge is 0.477 e. The summed E-state index contributed by atoms with van der Waals surface area (Å²) in [6.45, 7) is 0. The molecule has 0 bridgehead atoms. The Morgan fingerprint density at radius 3 is 2.54 bits per heavy atom. The van der Waals surface area contributed by atoms with Gasteiger partial charge in [0, 0.05) is 0 Å². The number of carbonyl (C=O) groups is 2. The van der Waals surface area contributed by atoms with Crippen LogP contribution < -0.4 is 10.6 Å². The molecule has 0 radical (unpaired) electrons. The highest BCUT2D eigenvalue weighted by Crippen LogP contribution is 2.32. The van der Waals surface area contributed by atoms with Crippen LogP contribution >= 0.6 is 11.6 Å². The Hall–Kier alpha value is -3.58. The number of nitrogens with one attached hydrogen (secondary N) is 2. The fraction of sp³-hybridized carbons (Fsp3) is 0.0500. The highest BCUT2D eigenvalue weighted by molar-refractivity contribution is 6.34. The van der Waals surface area contributed by atoms with E-state index < -0.39 is 17.9 Å². The van der Waals surface area contributed by atoms with E-state index in [1.165, 1.54) is 6.20 Å². The molecule has 2 aromatic carbocycles. The van der Waals surface area contributed by atoms with Gasteiger partial charge in [0.15, 0.2) is 0 Å². The van der Waals surface area contributed by atoms with Gasteiger partial charge < -0.3 is 15.7 Å². The minimum atomic E-state index is -1.12. The maximum absolute atomic E-state index is 12.8. The first-order valence-electron chi connectivity index (χ1n) is 8.45. The van der Waals surface area contributed by atoms with Gasteiger partial charge in [-0.15, -0.1) is 0 Å². The number of amides is 1. The summed E-state index contributed by atoms with van der Waals surface area (Å²) < 4.78 is 1.59. The molecule has 1 aromatic heterocycles. The Morgan fingerprint density at radius 2 is 1.82 bits per heavy atom. The standard InChI is InChI=1S/C20H15ClN4O3/c21-14-8-4-5-9-15(14)24-19(26)13-11-22-25-17(12-6-2-1-3-7-12)10-16(20(27)28)23-18(13)25/h1-11,17,23H,(H,24,26)(H,27,28)/t17-/m1/s1. The molecular weight excluding hydrogens is 380 g/mol. The van der Waals surface area contributed by atoms with Gasteiger partial charge in [-0.2, -0.15) is 5.10 Å². The molecule has 28 heavy (non-hydrogen) atoms. The average Bonchev–Trinajstić information content (AvgIpc) is 3.14. The molecular formula is C20H15ClN4O3. The van der Waals surface area contributed by atoms with Crippen molar-refractivity contribution in [3.63, 3.8) is 0 Å². The van der Waals surface area contributed by atoms with E-state index in [1.807, 2.05) is 30.3 Å². The van der Waals surface area contributed by atoms with Crippen LogP contribution in [0.1, 0.15) is 22.0 Å². The van der Waals surface area contributed by atoms with Gasteiger partial charge in [0.25, 0.3) is 5.91 Å². The molecule has 0 saturated carbocycles. The zero-order chi connectivity index (χ0) is 19.7. The number of aliphatic carboxylic acids is 1. The maximum atomic E-state index is 12.8. The number of anilines is 2. The number of hydrogen-bond donors (Lipinski definition) is 3. The van der Waals surface area contributed by atoms with E-state index in [4.69, 9.17) is 11.6 Å². The summed E-state index contributed by atoms with van der Waals surface area (Å²) in [5.74, 6) is -1.26. The molecule has 1 aliphatic rings. The van der Waals surface area contributed by atoms with Crippen molar-refractivity contribution < 1.29 is 14.7 Å². The predicted molar refractivity (Wildman–Crippen MR) is 106 cm³/mol. The van der Waals surface area contributed by atoms with Crippen molar-refractivity contribution in [3.05, 3.63) is 88.7 Å². The lowest BCUT2D eigenvalue weighted by molar-refractivity contribution is -0.132. The second kappa shape index (κ2) is 7.21. The zero-order valence-corrected chi connectivity index (χ0v) is 15.2. The average molecular weight is 395 g/mol. The van der Waals surface area contributed by atoms with Crippen molar-refractivity contribution in [2.75, 3.05) is 10.6 Å². The van der Waals surface area contributed by atoms with Crippen LogP contribution in [0.5, 0.6) is 0 Å². The molecule has 3 aromatic rings. The summed E-state index contributed by atoms with van der Waals surface area (Å²) in [7, 11) is 0. The number of carboxylic acid groups (broad SMARTS) is 1. The van der Waals surface area contributed by atoms with E-state index in [1.54, 1.807) is 35.0 Å². The number of rotatable bonds is 4. The third-order valence-electron chi connectivity index (χ3n) is 4.37. The monoisotopic (exact) mass is 394 g/mol. The number of allylic oxidation sites excluding steroid dienone is 1. The lowest BCUT2D eigenvalue weighted by Gasteiger charge is -2.24. The SMILES string of the molecule is O=C(O)C1=C[C@H](c2ccccc2)n2ncc(C(=O)Nc3ccccc3Cl)c2N1. The first kappa shape index (κ1) is 17.8. The molecule has 0 unspecified atom stereocenters. The molecule has 0 fully saturated rings. The van der Waals surface area contributed by atoms with Gasteiger partial charge in [0.2, 0.25) is 0 Å². The molecule has 1 aliphatic heterocycles. The number of carboxylic acids is 1. The number of para-hydroxylation sites is 1. The minimum absolute atomic E-state index is 0.0198. The molecule has 1 amide bonds. The molecule has 0 saturated heterocycles. The predicted octanol–water partition coefficient (Wildman–Crippen LogP) is 3.77. The molecule has 0 spiro atoms. The van der Waals surface area contributed by atoms with Crippen molar-refractivity contribution in [1.29, 1.82) is 0 Å². The van der Waals surface area contributed by atoms with Crippen LogP contribution in [-0.2, 0) is 4.79 Å². The van der Waals surface area contributed by atoms with Gasteiger partial charge in [0.1, 0.15) is 17.1 Å². The molecule has 4 rings (SSSR count). The first-order chi connectivity index (χ1) is 13.5. The summed E-state index contributed by atoms with van der Waals surface area (Å²) in [5, 5.41) is 19.7. The number of halogens is 1. The van der Waals surface area contributed by atoms with E-state index >= 15 is 0 Å². The zero-order valence-electron chi connectivity index (χ0n) is 14.5. The summed E-state index contributed by atoms with van der Waals surface area (Å²) >= 11 is 6.10. The quantitative estimate of drug-likeness (QED) is 0.626. The molecule has 7 nitrogen and oxygen atoms in total. The summed E-state index contributed by atoms with van der Waals surface area (Å²) in [4.78, 5) is 24.4. The van der Waals surface area contributed by atoms with Crippen LogP contribution in [0.25, 0.3) is 0 Å². The highest BCUT2D eigenvalue weighted by atomic mass is 35.5. The number of fused-ring (bicyclic) bond motifs is 1. The van der Waals surface area contributed by atoms with Crippen molar-refractivity contribution in [3.8, 4) is 0 Å². The van der Waals surface area contributed by atoms with E-state index in [-0.39, 0.29) is 11.3 Å². The number of benzene rings is 2. The summed E-state index contributed by atoms with van der Waals surface area (Å²) in [6.07, 6.45) is 2.97. The minimum Gasteiger partial charge on any atom is -0.477 e. The van der Waals surface area contributed by atoms with Crippen molar-refractivity contribution in [2.45, 2.75) is 6.04 Å². The third-order valence-corrected chi connectivity index (χ3v) is 4.70. The van der Waals surface area contributed by atoms with E-state index in [9.17, 15) is 14.7 Å². The van der Waals surface area contributed by atoms with E-state index in [0.29, 0.717) is 16.5 Å². The van der Waals surface area contributed by atoms with Crippen LogP contribution in [0.3, 0.4) is 0 Å². The molecule has 140 valence electrons. The Labute approximate surface area is 165 Å². The fourth-order valence-corrected chi connectivity index (χ4v) is 3.21. The normalized spacial score (nSPS) is 15.2. The van der Waals surface area contributed by atoms with Crippen molar-refractivity contribution in [1.82, 2.24) is 9.78 Å². The number of nitrogens with zero attached hydrogens (tertiary/aromatic N) is 2. The second-order valence-corrected chi connectivity index (χ2v) is 6.56. The number of hydrogen-bond acceptors (Lipinski definition) is 4. The highest BCUT2D eigenvalue weighted by Gasteiger charge is 2.29. The van der Waals surface area contributed by atoms with E-state index in [0.717, 1.165) is 5.56 Å². The van der Waals surface area contributed by atoms with Gasteiger partial charge in [-0.3, -0.25) is 4.79 Å². The molecule has 3 N–H and O–H groups in total. The lowest BCUT2D eigenvalue weighted by atomic mass is 10.0. The summed E-state index contributed by atoms with van der Waals surface area (Å²) in [5.41, 5.74) is 1.50. The van der Waals surface area contributed by atoms with Crippen molar-refractivity contribution >= 4 is 35.0 Å². The lowest BCUT2D eigenvalue weighted by Crippen LogP contribution is -2.25. The molecule has 0 aliphatic carbocycles. The van der Waals surface area contributed by atoms with Crippen molar-refractivity contribution in [2.24, 2.45) is 0 Å². The topological polar surface area (TPSA) is 96.2 Å². The van der Waals surface area contributed by atoms with Gasteiger partial charge >= 0.3 is 5.97 Å². The van der Waals surface area contributed by atoms with Gasteiger partial charge in [-0.05, 0) is 23.8 Å². The second-order valence-electron chi connectivity index (χ2n) is 6.15. The third kappa shape index (κ3) is 3.23. The Morgan fingerprint density at radius 1 is 1.11 bits per heavy atom. The first-order valence-corrected chi connectivity index (χ1v) is 8.83. The maximum Gasteiger partial charge on any atom is 0.352 e. The summed E-state index contributed by atoms with van der Waals surface area (Å²) in [6, 6.07) is 15.8. The number of aromatic nitrogens is 2. The van der Waals surface area contributed by atoms with Crippen LogP contribution in [-0.4, -0.2) is 26.8 Å². The Balaban J connectivity index is 1.73. The smallest absolute Gasteiger partial charge is 0.352 e. The van der Waals surface area contributed by atoms with E-state index in [2.05, 4.69) is 15.7 Å². The molecule has 1 atom stereocenters. The molecule has 2 heterocycles. The van der Waals surface area contributed by atoms with Crippen LogP contribution in [0, 0.1) is 0 Å². The Kier molecular flexibility index (Phi) is 4.58. The van der Waals surface area contributed by atoms with Gasteiger partial charge in [0.05, 0.1) is 22.9 Å². The van der Waals surface area contributed by atoms with Gasteiger partial charge in [-0.1, -0.05) is 54.1 Å².